The molecule has 0 aromatic carbocycles. The van der Waals surface area contributed by atoms with E-state index in [1.165, 1.54) is 37.0 Å². The van der Waals surface area contributed by atoms with Crippen LogP contribution in [0.25, 0.3) is 0 Å². The minimum absolute atomic E-state index is 0.479. The van der Waals surface area contributed by atoms with Crippen LogP contribution in [0.2, 0.25) is 0 Å². The molecule has 0 unspecified atom stereocenters. The van der Waals surface area contributed by atoms with Crippen molar-refractivity contribution in [1.82, 2.24) is 9.62 Å². The van der Waals surface area contributed by atoms with E-state index in [1.54, 1.807) is 16.4 Å². The smallest absolute Gasteiger partial charge is 0.252 e. The van der Waals surface area contributed by atoms with Crippen molar-refractivity contribution < 1.29 is 8.42 Å². The van der Waals surface area contributed by atoms with Crippen molar-refractivity contribution in [3.63, 3.8) is 0 Å². The third-order valence-corrected chi connectivity index (χ3v) is 9.00. The van der Waals surface area contributed by atoms with Crippen molar-refractivity contribution in [2.24, 2.45) is 11.8 Å². The molecule has 22 heavy (non-hydrogen) atoms. The van der Waals surface area contributed by atoms with Crippen LogP contribution in [0.15, 0.2) is 21.7 Å². The molecule has 122 valence electrons. The topological polar surface area (TPSA) is 49.4 Å². The Morgan fingerprint density at radius 2 is 1.95 bits per heavy atom. The zero-order chi connectivity index (χ0) is 15.2. The number of nitrogens with zero attached hydrogens (tertiary/aromatic N) is 1. The van der Waals surface area contributed by atoms with Crippen molar-refractivity contribution in [1.29, 1.82) is 0 Å². The highest BCUT2D eigenvalue weighted by Gasteiger charge is 2.40. The predicted molar refractivity (Wildman–Crippen MR) is 88.5 cm³/mol. The lowest BCUT2D eigenvalue weighted by Crippen LogP contribution is -2.48. The quantitative estimate of drug-likeness (QED) is 0.917. The molecule has 3 atom stereocenters. The molecule has 1 N–H and O–H groups in total. The Kier molecular flexibility index (Phi) is 4.05. The molecule has 2 heterocycles. The van der Waals surface area contributed by atoms with Crippen molar-refractivity contribution in [2.75, 3.05) is 13.1 Å². The summed E-state index contributed by atoms with van der Waals surface area (Å²) in [5.41, 5.74) is 0. The van der Waals surface area contributed by atoms with Gasteiger partial charge < -0.3 is 5.32 Å². The van der Waals surface area contributed by atoms with Gasteiger partial charge in [-0.2, -0.15) is 4.31 Å². The summed E-state index contributed by atoms with van der Waals surface area (Å²) in [5.74, 6) is 1.85. The summed E-state index contributed by atoms with van der Waals surface area (Å²) in [6, 6.07) is 4.71. The van der Waals surface area contributed by atoms with Gasteiger partial charge in [0.05, 0.1) is 0 Å². The summed E-state index contributed by atoms with van der Waals surface area (Å²) >= 11 is 1.31. The lowest BCUT2D eigenvalue weighted by Gasteiger charge is -2.35. The number of sulfonamides is 1. The molecule has 1 saturated heterocycles. The molecule has 1 aromatic rings. The molecule has 1 aliphatic heterocycles. The van der Waals surface area contributed by atoms with E-state index >= 15 is 0 Å². The number of nitrogens with one attached hydrogen (secondary N) is 1. The summed E-state index contributed by atoms with van der Waals surface area (Å²) in [6.45, 7) is 1.30. The van der Waals surface area contributed by atoms with Gasteiger partial charge in [-0.1, -0.05) is 12.5 Å². The highest BCUT2D eigenvalue weighted by molar-refractivity contribution is 7.91. The number of thiophene rings is 1. The summed E-state index contributed by atoms with van der Waals surface area (Å²) in [4.78, 5) is 0. The van der Waals surface area contributed by atoms with Gasteiger partial charge in [0, 0.05) is 25.2 Å². The van der Waals surface area contributed by atoms with Crippen LogP contribution < -0.4 is 5.32 Å². The van der Waals surface area contributed by atoms with Gasteiger partial charge >= 0.3 is 0 Å². The first-order valence-electron chi connectivity index (χ1n) is 8.42. The third-order valence-electron chi connectivity index (χ3n) is 5.73. The van der Waals surface area contributed by atoms with Crippen molar-refractivity contribution in [3.05, 3.63) is 17.5 Å². The first-order chi connectivity index (χ1) is 10.6. The maximum Gasteiger partial charge on any atom is 0.252 e. The fraction of sp³-hybridized carbons (Fsp3) is 0.750. The molecular weight excluding hydrogens is 316 g/mol. The van der Waals surface area contributed by atoms with Gasteiger partial charge in [0.1, 0.15) is 4.21 Å². The van der Waals surface area contributed by atoms with Gasteiger partial charge in [0.15, 0.2) is 0 Å². The zero-order valence-corrected chi connectivity index (χ0v) is 14.4. The Hall–Kier alpha value is -0.430. The van der Waals surface area contributed by atoms with Gasteiger partial charge in [-0.25, -0.2) is 8.42 Å². The number of hydrogen-bond donors (Lipinski definition) is 1. The van der Waals surface area contributed by atoms with Crippen LogP contribution in [0.5, 0.6) is 0 Å². The standard InChI is InChI=1S/C16H24N2O2S2/c19-22(20,16-2-1-9-21-16)18-7-5-14(6-8-18)17-15-11-12-3-4-13(15)10-12/h1-2,9,12-15,17H,3-8,10-11H2/t12-,13+,15+/m0/s1. The summed E-state index contributed by atoms with van der Waals surface area (Å²) in [6.07, 6.45) is 7.48. The van der Waals surface area contributed by atoms with E-state index < -0.39 is 10.0 Å². The Balaban J connectivity index is 1.33. The van der Waals surface area contributed by atoms with Crippen LogP contribution >= 0.6 is 11.3 Å². The zero-order valence-electron chi connectivity index (χ0n) is 12.8. The second-order valence-electron chi connectivity index (χ2n) is 7.06. The molecule has 2 aliphatic carbocycles. The normalized spacial score (nSPS) is 33.5. The fourth-order valence-electron chi connectivity index (χ4n) is 4.55. The minimum Gasteiger partial charge on any atom is -0.311 e. The molecule has 6 heteroatoms. The van der Waals surface area contributed by atoms with Crippen LogP contribution in [0.1, 0.15) is 38.5 Å². The molecular formula is C16H24N2O2S2. The van der Waals surface area contributed by atoms with E-state index in [1.807, 2.05) is 5.38 Å². The third kappa shape index (κ3) is 2.75. The Morgan fingerprint density at radius 1 is 1.14 bits per heavy atom. The van der Waals surface area contributed by atoms with Gasteiger partial charge in [-0.05, 0) is 55.4 Å². The fourth-order valence-corrected chi connectivity index (χ4v) is 7.17. The molecule has 3 fully saturated rings. The van der Waals surface area contributed by atoms with Gasteiger partial charge in [-0.3, -0.25) is 0 Å². The Bertz CT molecular complexity index is 606. The van der Waals surface area contributed by atoms with E-state index in [0.717, 1.165) is 24.7 Å². The monoisotopic (exact) mass is 340 g/mol. The molecule has 3 aliphatic rings. The predicted octanol–water partition coefficient (Wildman–Crippen LogP) is 2.68. The van der Waals surface area contributed by atoms with Gasteiger partial charge in [0.2, 0.25) is 0 Å². The van der Waals surface area contributed by atoms with E-state index in [9.17, 15) is 8.42 Å². The average Bonchev–Trinajstić information content (AvgIpc) is 3.25. The highest BCUT2D eigenvalue weighted by atomic mass is 32.2. The summed E-state index contributed by atoms with van der Waals surface area (Å²) in [7, 11) is -3.25. The second kappa shape index (κ2) is 5.89. The van der Waals surface area contributed by atoms with E-state index in [4.69, 9.17) is 0 Å². The second-order valence-corrected chi connectivity index (χ2v) is 10.2. The number of hydrogen-bond acceptors (Lipinski definition) is 4. The molecule has 1 aromatic heterocycles. The first kappa shape index (κ1) is 15.1. The molecule has 0 radical (unpaired) electrons. The average molecular weight is 341 g/mol. The minimum atomic E-state index is -3.25. The molecule has 4 nitrogen and oxygen atoms in total. The highest BCUT2D eigenvalue weighted by Crippen LogP contribution is 2.44. The van der Waals surface area contributed by atoms with Crippen molar-refractivity contribution >= 4 is 21.4 Å². The first-order valence-corrected chi connectivity index (χ1v) is 10.7. The SMILES string of the molecule is O=S(=O)(c1cccs1)N1CCC(N[C@@H]2C[C@H]3CC[C@@H]2C3)CC1. The largest absolute Gasteiger partial charge is 0.311 e. The summed E-state index contributed by atoms with van der Waals surface area (Å²) in [5, 5.41) is 5.67. The van der Waals surface area contributed by atoms with Gasteiger partial charge in [-0.15, -0.1) is 11.3 Å². The molecule has 4 rings (SSSR count). The van der Waals surface area contributed by atoms with E-state index in [0.29, 0.717) is 29.4 Å². The molecule has 0 amide bonds. The molecule has 0 spiro atoms. The van der Waals surface area contributed by atoms with Crippen molar-refractivity contribution in [2.45, 2.75) is 54.8 Å². The van der Waals surface area contributed by atoms with Crippen LogP contribution in [0, 0.1) is 11.8 Å². The maximum atomic E-state index is 12.5. The molecule has 2 bridgehead atoms. The van der Waals surface area contributed by atoms with E-state index in [2.05, 4.69) is 5.32 Å². The number of rotatable bonds is 4. The van der Waals surface area contributed by atoms with Gasteiger partial charge in [0.25, 0.3) is 10.0 Å². The number of fused-ring (bicyclic) bond motifs is 2. The lowest BCUT2D eigenvalue weighted by molar-refractivity contribution is 0.245. The Labute approximate surface area is 137 Å². The van der Waals surface area contributed by atoms with Crippen LogP contribution in [0.4, 0.5) is 0 Å². The maximum absolute atomic E-state index is 12.5. The molecule has 2 saturated carbocycles. The van der Waals surface area contributed by atoms with Crippen LogP contribution in [0.3, 0.4) is 0 Å². The Morgan fingerprint density at radius 3 is 2.55 bits per heavy atom. The van der Waals surface area contributed by atoms with Crippen molar-refractivity contribution in [3.8, 4) is 0 Å². The lowest BCUT2D eigenvalue weighted by atomic mass is 9.93. The van der Waals surface area contributed by atoms with E-state index in [-0.39, 0.29) is 0 Å². The van der Waals surface area contributed by atoms with Crippen LogP contribution in [-0.4, -0.2) is 37.9 Å². The summed E-state index contributed by atoms with van der Waals surface area (Å²) < 4.78 is 27.2. The van der Waals surface area contributed by atoms with Crippen LogP contribution in [-0.2, 0) is 10.0 Å². The number of piperidine rings is 1.